The summed E-state index contributed by atoms with van der Waals surface area (Å²) in [5.74, 6) is 0.512. The van der Waals surface area contributed by atoms with Crippen LogP contribution in [0.2, 0.25) is 0 Å². The first-order valence-corrected chi connectivity index (χ1v) is 13.8. The van der Waals surface area contributed by atoms with Gasteiger partial charge in [-0.2, -0.15) is 0 Å². The lowest BCUT2D eigenvalue weighted by molar-refractivity contribution is 0.164. The molecule has 5 heterocycles. The number of hydrogen-bond acceptors (Lipinski definition) is 7. The SMILES string of the molecule is Cc1nccc(Sc2cnc(N3CCC4(CC3)Cn3cccc3[C@H]4N[S+]([O-])C(C)(C)C)cn2)c1F. The van der Waals surface area contributed by atoms with Crippen molar-refractivity contribution in [3.8, 4) is 0 Å². The summed E-state index contributed by atoms with van der Waals surface area (Å²) in [6.45, 7) is 10.3. The van der Waals surface area contributed by atoms with Crippen molar-refractivity contribution in [1.82, 2.24) is 24.2 Å². The van der Waals surface area contributed by atoms with E-state index in [4.69, 9.17) is 0 Å². The lowest BCUT2D eigenvalue weighted by atomic mass is 9.73. The van der Waals surface area contributed by atoms with Crippen molar-refractivity contribution in [3.63, 3.8) is 0 Å². The summed E-state index contributed by atoms with van der Waals surface area (Å²) < 4.78 is 32.8. The van der Waals surface area contributed by atoms with E-state index in [1.54, 1.807) is 31.6 Å². The molecule has 35 heavy (non-hydrogen) atoms. The van der Waals surface area contributed by atoms with Gasteiger partial charge in [0.15, 0.2) is 5.82 Å². The summed E-state index contributed by atoms with van der Waals surface area (Å²) in [7, 11) is 0. The van der Waals surface area contributed by atoms with Gasteiger partial charge in [0.2, 0.25) is 0 Å². The quantitative estimate of drug-likeness (QED) is 0.496. The van der Waals surface area contributed by atoms with Crippen molar-refractivity contribution >= 4 is 28.9 Å². The van der Waals surface area contributed by atoms with Crippen molar-refractivity contribution in [1.29, 1.82) is 0 Å². The van der Waals surface area contributed by atoms with Crippen molar-refractivity contribution in [2.75, 3.05) is 18.0 Å². The van der Waals surface area contributed by atoms with Gasteiger partial charge in [-0.3, -0.25) is 4.98 Å². The van der Waals surface area contributed by atoms with Gasteiger partial charge in [0.05, 0.1) is 29.0 Å². The average Bonchev–Trinajstić information content (AvgIpc) is 3.38. The van der Waals surface area contributed by atoms with Gasteiger partial charge in [-0.05, 0) is 58.7 Å². The number of nitrogens with one attached hydrogen (secondary N) is 1. The maximum absolute atomic E-state index is 14.3. The molecular formula is C25H31FN6OS2. The van der Waals surface area contributed by atoms with Crippen LogP contribution in [0.3, 0.4) is 0 Å². The molecule has 2 atom stereocenters. The van der Waals surface area contributed by atoms with Gasteiger partial charge in [-0.25, -0.2) is 14.4 Å². The lowest BCUT2D eigenvalue weighted by Gasteiger charge is -2.43. The first-order valence-electron chi connectivity index (χ1n) is 11.9. The molecule has 3 aromatic rings. The molecule has 1 N–H and O–H groups in total. The normalized spacial score (nSPS) is 20.3. The Kier molecular flexibility index (Phi) is 6.58. The Hall–Kier alpha value is -2.14. The van der Waals surface area contributed by atoms with Crippen LogP contribution in [0.5, 0.6) is 0 Å². The third-order valence-corrected chi connectivity index (χ3v) is 9.50. The number of hydrogen-bond donors (Lipinski definition) is 1. The Balaban J connectivity index is 1.27. The number of rotatable bonds is 5. The number of halogens is 1. The predicted molar refractivity (Wildman–Crippen MR) is 137 cm³/mol. The molecule has 0 radical (unpaired) electrons. The summed E-state index contributed by atoms with van der Waals surface area (Å²) in [4.78, 5) is 15.9. The molecule has 0 saturated carbocycles. The third kappa shape index (κ3) is 4.81. The number of fused-ring (bicyclic) bond motifs is 1. The summed E-state index contributed by atoms with van der Waals surface area (Å²) in [6.07, 6.45) is 9.14. The van der Waals surface area contributed by atoms with Gasteiger partial charge < -0.3 is 14.0 Å². The van der Waals surface area contributed by atoms with Gasteiger partial charge in [0.25, 0.3) is 0 Å². The predicted octanol–water partition coefficient (Wildman–Crippen LogP) is 4.67. The summed E-state index contributed by atoms with van der Waals surface area (Å²) in [5, 5.41) is 0.649. The van der Waals surface area contributed by atoms with E-state index >= 15 is 0 Å². The maximum Gasteiger partial charge on any atom is 0.158 e. The molecule has 0 amide bonds. The fourth-order valence-corrected chi connectivity index (χ4v) is 6.66. The first-order chi connectivity index (χ1) is 16.7. The highest BCUT2D eigenvalue weighted by Crippen LogP contribution is 2.50. The highest BCUT2D eigenvalue weighted by Gasteiger charge is 2.50. The second kappa shape index (κ2) is 9.38. The largest absolute Gasteiger partial charge is 0.598 e. The zero-order chi connectivity index (χ0) is 24.8. The Morgan fingerprint density at radius 1 is 1.17 bits per heavy atom. The van der Waals surface area contributed by atoms with E-state index in [2.05, 4.69) is 47.5 Å². The van der Waals surface area contributed by atoms with Gasteiger partial charge >= 0.3 is 0 Å². The molecule has 7 nitrogen and oxygen atoms in total. The van der Waals surface area contributed by atoms with Gasteiger partial charge in [-0.15, -0.1) is 4.72 Å². The third-order valence-electron chi connectivity index (χ3n) is 6.98. The van der Waals surface area contributed by atoms with Crippen LogP contribution in [0.25, 0.3) is 0 Å². The molecule has 10 heteroatoms. The van der Waals surface area contributed by atoms with Gasteiger partial charge in [-0.1, -0.05) is 11.8 Å². The van der Waals surface area contributed by atoms with Gasteiger partial charge in [0, 0.05) is 54.5 Å². The Morgan fingerprint density at radius 3 is 2.63 bits per heavy atom. The summed E-state index contributed by atoms with van der Waals surface area (Å²) in [6, 6.07) is 5.93. The second-order valence-corrected chi connectivity index (χ2v) is 13.4. The standard InChI is InChI=1S/C25H31FN6OS2/c1-17-22(26)19(7-10-27-17)34-21-15-28-20(14-29-21)31-12-8-25(9-13-31)16-32-11-5-6-18(32)23(25)30-35(33)24(2,3)4/h5-7,10-11,14-15,23,30H,8-9,12-13,16H2,1-4H3/t23-,35?/m1/s1. The topological polar surface area (TPSA) is 81.9 Å². The molecule has 186 valence electrons. The molecule has 3 aromatic heterocycles. The van der Waals surface area contributed by atoms with Crippen LogP contribution in [0.1, 0.15) is 51.0 Å². The van der Waals surface area contributed by atoms with E-state index in [-0.39, 0.29) is 22.0 Å². The molecule has 2 aliphatic rings. The minimum Gasteiger partial charge on any atom is -0.598 e. The fraction of sp³-hybridized carbons (Fsp3) is 0.480. The van der Waals surface area contributed by atoms with E-state index in [0.717, 1.165) is 38.3 Å². The van der Waals surface area contributed by atoms with Crippen molar-refractivity contribution < 1.29 is 8.94 Å². The number of aromatic nitrogens is 4. The van der Waals surface area contributed by atoms with Crippen LogP contribution in [0.4, 0.5) is 10.2 Å². The van der Waals surface area contributed by atoms with Crippen molar-refractivity contribution in [2.45, 2.75) is 67.8 Å². The minimum atomic E-state index is -1.15. The number of piperidine rings is 1. The molecule has 1 fully saturated rings. The van der Waals surface area contributed by atoms with Crippen LogP contribution in [0.15, 0.2) is 52.9 Å². The molecule has 1 spiro atoms. The second-order valence-electron chi connectivity index (χ2n) is 10.4. The molecule has 0 aliphatic carbocycles. The van der Waals surface area contributed by atoms with Crippen LogP contribution in [-0.2, 0) is 17.9 Å². The Morgan fingerprint density at radius 2 is 1.94 bits per heavy atom. The number of anilines is 1. The van der Waals surface area contributed by atoms with Gasteiger partial charge in [0.1, 0.15) is 15.6 Å². The summed E-state index contributed by atoms with van der Waals surface area (Å²) in [5.41, 5.74) is 1.61. The first kappa shape index (κ1) is 24.5. The Labute approximate surface area is 213 Å². The zero-order valence-electron chi connectivity index (χ0n) is 20.5. The lowest BCUT2D eigenvalue weighted by Crippen LogP contribution is -2.50. The molecule has 1 unspecified atom stereocenters. The average molecular weight is 515 g/mol. The monoisotopic (exact) mass is 514 g/mol. The molecule has 0 bridgehead atoms. The molecule has 1 saturated heterocycles. The van der Waals surface area contributed by atoms with E-state index in [9.17, 15) is 8.94 Å². The van der Waals surface area contributed by atoms with E-state index < -0.39 is 11.4 Å². The van der Waals surface area contributed by atoms with Crippen molar-refractivity contribution in [2.24, 2.45) is 5.41 Å². The minimum absolute atomic E-state index is 0.0218. The smallest absolute Gasteiger partial charge is 0.158 e. The van der Waals surface area contributed by atoms with Crippen LogP contribution in [-0.4, -0.2) is 41.9 Å². The number of pyridine rings is 1. The number of aryl methyl sites for hydroxylation is 1. The van der Waals surface area contributed by atoms with Crippen LogP contribution >= 0.6 is 11.8 Å². The van der Waals surface area contributed by atoms with E-state index in [1.807, 2.05) is 20.8 Å². The zero-order valence-corrected chi connectivity index (χ0v) is 22.1. The Bertz CT molecular complexity index is 1190. The fourth-order valence-electron chi connectivity index (χ4n) is 4.92. The maximum atomic E-state index is 14.3. The molecule has 5 rings (SSSR count). The molecule has 2 aliphatic heterocycles. The van der Waals surface area contributed by atoms with E-state index in [1.165, 1.54) is 17.5 Å². The highest BCUT2D eigenvalue weighted by molar-refractivity contribution is 7.99. The van der Waals surface area contributed by atoms with Crippen LogP contribution < -0.4 is 9.62 Å². The number of nitrogens with zero attached hydrogens (tertiary/aromatic N) is 5. The summed E-state index contributed by atoms with van der Waals surface area (Å²) >= 11 is 0.108. The van der Waals surface area contributed by atoms with E-state index in [0.29, 0.717) is 15.6 Å². The molecule has 0 aromatic carbocycles. The van der Waals surface area contributed by atoms with Crippen LogP contribution in [0, 0.1) is 18.2 Å². The highest BCUT2D eigenvalue weighted by atomic mass is 32.2. The molecular weight excluding hydrogens is 483 g/mol. The van der Waals surface area contributed by atoms with Crippen molar-refractivity contribution in [3.05, 3.63) is 60.2 Å².